The van der Waals surface area contributed by atoms with Crippen LogP contribution in [0.1, 0.15) is 45.6 Å². The first-order valence-electron chi connectivity index (χ1n) is 9.68. The topological polar surface area (TPSA) is 60.4 Å². The molecule has 0 spiro atoms. The van der Waals surface area contributed by atoms with E-state index >= 15 is 0 Å². The first-order valence-corrected chi connectivity index (χ1v) is 9.68. The van der Waals surface area contributed by atoms with Crippen molar-refractivity contribution in [3.63, 3.8) is 0 Å². The molecule has 1 fully saturated rings. The minimum atomic E-state index is -2.98. The van der Waals surface area contributed by atoms with E-state index in [-0.39, 0.29) is 18.1 Å². The molecule has 0 saturated heterocycles. The van der Waals surface area contributed by atoms with Gasteiger partial charge in [-0.15, -0.1) is 0 Å². The summed E-state index contributed by atoms with van der Waals surface area (Å²) in [5, 5.41) is 3.75. The molecule has 162 valence electrons. The van der Waals surface area contributed by atoms with E-state index in [2.05, 4.69) is 9.99 Å². The van der Waals surface area contributed by atoms with E-state index in [0.717, 1.165) is 5.56 Å². The Morgan fingerprint density at radius 1 is 1.21 bits per heavy atom. The molecule has 0 N–H and O–H groups in total. The smallest absolute Gasteiger partial charge is 0.410 e. The van der Waals surface area contributed by atoms with Gasteiger partial charge in [0.25, 0.3) is 0 Å². The van der Waals surface area contributed by atoms with Gasteiger partial charge in [-0.05, 0) is 45.6 Å². The average Bonchev–Trinajstić information content (AvgIpc) is 2.66. The quantitative estimate of drug-likeness (QED) is 0.503. The second-order valence-corrected chi connectivity index (χ2v) is 8.15. The van der Waals surface area contributed by atoms with Crippen LogP contribution in [0.25, 0.3) is 0 Å². The predicted molar refractivity (Wildman–Crippen MR) is 106 cm³/mol. The fraction of sp³-hybridized carbons (Fsp3) is 0.619. The standard InChI is InChI=1S/C21H30F2N2O4/c1-21(2,3)28-20(26)25(4)16-12-11-15(13-17(16)27-5)18(24-29-19(22)23)14-9-7-6-8-10-14/h6-10,15-17,19H,11-13H2,1-5H3/b24-18+/t15-,16+,17+/m0/s1. The normalized spacial score (nSPS) is 23.0. The molecule has 0 heterocycles. The monoisotopic (exact) mass is 412 g/mol. The Morgan fingerprint density at radius 2 is 1.86 bits per heavy atom. The van der Waals surface area contributed by atoms with Crippen molar-refractivity contribution in [3.8, 4) is 0 Å². The largest absolute Gasteiger partial charge is 0.444 e. The third-order valence-corrected chi connectivity index (χ3v) is 4.93. The van der Waals surface area contributed by atoms with Crippen molar-refractivity contribution < 1.29 is 27.9 Å². The molecule has 0 aromatic heterocycles. The maximum Gasteiger partial charge on any atom is 0.410 e. The number of amides is 1. The number of hydrogen-bond acceptors (Lipinski definition) is 5. The summed E-state index contributed by atoms with van der Waals surface area (Å²) in [5.74, 6) is -0.135. The Hall–Kier alpha value is -2.22. The molecule has 0 aliphatic heterocycles. The van der Waals surface area contributed by atoms with Gasteiger partial charge in [0.1, 0.15) is 5.60 Å². The number of rotatable bonds is 6. The molecule has 1 aromatic rings. The molecule has 3 atom stereocenters. The number of halogens is 2. The van der Waals surface area contributed by atoms with Crippen LogP contribution in [0.4, 0.5) is 13.6 Å². The average molecular weight is 412 g/mol. The van der Waals surface area contributed by atoms with Crippen LogP contribution in [-0.2, 0) is 14.3 Å². The van der Waals surface area contributed by atoms with Gasteiger partial charge in [0, 0.05) is 20.1 Å². The summed E-state index contributed by atoms with van der Waals surface area (Å²) >= 11 is 0. The number of carbonyl (C=O) groups excluding carboxylic acids is 1. The van der Waals surface area contributed by atoms with Gasteiger partial charge < -0.3 is 19.2 Å². The van der Waals surface area contributed by atoms with Gasteiger partial charge in [0.2, 0.25) is 0 Å². The maximum atomic E-state index is 12.6. The molecule has 8 heteroatoms. The summed E-state index contributed by atoms with van der Waals surface area (Å²) < 4.78 is 36.3. The summed E-state index contributed by atoms with van der Waals surface area (Å²) in [5.41, 5.74) is 0.600. The summed E-state index contributed by atoms with van der Waals surface area (Å²) in [4.78, 5) is 18.3. The van der Waals surface area contributed by atoms with Crippen molar-refractivity contribution in [1.29, 1.82) is 0 Å². The van der Waals surface area contributed by atoms with Crippen LogP contribution in [0, 0.1) is 5.92 Å². The Labute approximate surface area is 170 Å². The zero-order valence-electron chi connectivity index (χ0n) is 17.6. The van der Waals surface area contributed by atoms with E-state index in [4.69, 9.17) is 9.47 Å². The Balaban J connectivity index is 2.17. The van der Waals surface area contributed by atoms with Crippen molar-refractivity contribution in [2.24, 2.45) is 11.1 Å². The highest BCUT2D eigenvalue weighted by molar-refractivity contribution is 6.02. The molecular formula is C21H30F2N2O4. The van der Waals surface area contributed by atoms with E-state index in [1.54, 1.807) is 19.1 Å². The molecule has 0 bridgehead atoms. The van der Waals surface area contributed by atoms with Crippen molar-refractivity contribution in [2.45, 2.75) is 64.4 Å². The Bertz CT molecular complexity index is 692. The minimum Gasteiger partial charge on any atom is -0.444 e. The number of ether oxygens (including phenoxy) is 2. The highest BCUT2D eigenvalue weighted by Gasteiger charge is 2.38. The van der Waals surface area contributed by atoms with Crippen LogP contribution in [0.15, 0.2) is 35.5 Å². The fourth-order valence-electron chi connectivity index (χ4n) is 3.60. The van der Waals surface area contributed by atoms with Gasteiger partial charge in [0.15, 0.2) is 0 Å². The molecule has 0 unspecified atom stereocenters. The molecule has 1 aliphatic carbocycles. The molecule has 0 radical (unpaired) electrons. The minimum absolute atomic E-state index is 0.135. The molecule has 29 heavy (non-hydrogen) atoms. The van der Waals surface area contributed by atoms with Crippen LogP contribution < -0.4 is 0 Å². The predicted octanol–water partition coefficient (Wildman–Crippen LogP) is 4.68. The summed E-state index contributed by atoms with van der Waals surface area (Å²) in [6, 6.07) is 8.94. The maximum absolute atomic E-state index is 12.6. The zero-order valence-corrected chi connectivity index (χ0v) is 17.6. The van der Waals surface area contributed by atoms with Crippen molar-refractivity contribution in [2.75, 3.05) is 14.2 Å². The van der Waals surface area contributed by atoms with Crippen LogP contribution >= 0.6 is 0 Å². The highest BCUT2D eigenvalue weighted by Crippen LogP contribution is 2.33. The number of alkyl halides is 2. The second-order valence-electron chi connectivity index (χ2n) is 8.15. The van der Waals surface area contributed by atoms with Crippen molar-refractivity contribution >= 4 is 11.8 Å². The number of hydrogen-bond donors (Lipinski definition) is 0. The summed E-state index contributed by atoms with van der Waals surface area (Å²) in [6.07, 6.45) is 1.10. The van der Waals surface area contributed by atoms with Crippen molar-refractivity contribution in [1.82, 2.24) is 4.90 Å². The number of nitrogens with zero attached hydrogens (tertiary/aromatic N) is 2. The Kier molecular flexibility index (Phi) is 7.96. The Morgan fingerprint density at radius 3 is 2.41 bits per heavy atom. The van der Waals surface area contributed by atoms with Crippen molar-refractivity contribution in [3.05, 3.63) is 35.9 Å². The highest BCUT2D eigenvalue weighted by atomic mass is 19.3. The second kappa shape index (κ2) is 10.0. The number of likely N-dealkylation sites (N-methyl/N-ethyl adjacent to an activating group) is 1. The lowest BCUT2D eigenvalue weighted by Gasteiger charge is -2.40. The number of methoxy groups -OCH3 is 1. The number of carbonyl (C=O) groups is 1. The van der Waals surface area contributed by atoms with E-state index in [1.807, 2.05) is 51.1 Å². The first kappa shape index (κ1) is 23.1. The van der Waals surface area contributed by atoms with E-state index < -0.39 is 18.3 Å². The molecule has 2 rings (SSSR count). The van der Waals surface area contributed by atoms with Crippen LogP contribution in [0.5, 0.6) is 0 Å². The lowest BCUT2D eigenvalue weighted by atomic mass is 9.79. The van der Waals surface area contributed by atoms with Crippen LogP contribution in [0.3, 0.4) is 0 Å². The molecule has 1 aromatic carbocycles. The van der Waals surface area contributed by atoms with Gasteiger partial charge in [-0.3, -0.25) is 0 Å². The number of benzene rings is 1. The summed E-state index contributed by atoms with van der Waals surface area (Å²) in [6.45, 7) is 2.46. The SMILES string of the molecule is CO[C@@H]1C[C@@H](/C(=N/OC(F)F)c2ccccc2)CC[C@H]1N(C)C(=O)OC(C)(C)C. The molecular weight excluding hydrogens is 382 g/mol. The molecule has 1 amide bonds. The first-order chi connectivity index (χ1) is 13.6. The van der Waals surface area contributed by atoms with Gasteiger partial charge >= 0.3 is 12.7 Å². The number of oxime groups is 1. The lowest BCUT2D eigenvalue weighted by molar-refractivity contribution is -0.128. The molecule has 1 aliphatic rings. The third-order valence-electron chi connectivity index (χ3n) is 4.93. The van der Waals surface area contributed by atoms with E-state index in [9.17, 15) is 13.6 Å². The summed E-state index contributed by atoms with van der Waals surface area (Å²) in [7, 11) is 3.27. The molecule has 6 nitrogen and oxygen atoms in total. The van der Waals surface area contributed by atoms with E-state index in [0.29, 0.717) is 25.0 Å². The molecule has 1 saturated carbocycles. The van der Waals surface area contributed by atoms with Gasteiger partial charge in [0.05, 0.1) is 17.9 Å². The van der Waals surface area contributed by atoms with Crippen LogP contribution in [-0.4, -0.2) is 55.2 Å². The third kappa shape index (κ3) is 6.66. The van der Waals surface area contributed by atoms with Gasteiger partial charge in [-0.25, -0.2) is 4.79 Å². The van der Waals surface area contributed by atoms with Gasteiger partial charge in [-0.2, -0.15) is 8.78 Å². The fourth-order valence-corrected chi connectivity index (χ4v) is 3.60. The van der Waals surface area contributed by atoms with Gasteiger partial charge in [-0.1, -0.05) is 35.5 Å². The van der Waals surface area contributed by atoms with Crippen LogP contribution in [0.2, 0.25) is 0 Å². The zero-order chi connectivity index (χ0) is 21.6. The van der Waals surface area contributed by atoms with E-state index in [1.165, 1.54) is 0 Å². The lowest BCUT2D eigenvalue weighted by Crippen LogP contribution is -2.50.